The highest BCUT2D eigenvalue weighted by Gasteiger charge is 2.17. The highest BCUT2D eigenvalue weighted by atomic mass is 16.4. The lowest BCUT2D eigenvalue weighted by molar-refractivity contribution is -0.121. The molecule has 0 saturated carbocycles. The van der Waals surface area contributed by atoms with Crippen molar-refractivity contribution in [1.82, 2.24) is 10.3 Å². The second kappa shape index (κ2) is 7.27. The maximum atomic E-state index is 12.3. The molecule has 0 bridgehead atoms. The Kier molecular flexibility index (Phi) is 4.91. The summed E-state index contributed by atoms with van der Waals surface area (Å²) in [4.78, 5) is 16.7. The molecule has 3 aromatic rings. The SMILES string of the molecule is C[C@@H](C[C@@H](O)c1ccco1)NC(=O)Cc1cccc2cccnc12. The van der Waals surface area contributed by atoms with Crippen LogP contribution in [0.25, 0.3) is 10.9 Å². The number of furan rings is 1. The van der Waals surface area contributed by atoms with Gasteiger partial charge in [0.25, 0.3) is 0 Å². The van der Waals surface area contributed by atoms with E-state index >= 15 is 0 Å². The van der Waals surface area contributed by atoms with Gasteiger partial charge in [0, 0.05) is 24.0 Å². The second-order valence-corrected chi connectivity index (χ2v) is 5.90. The molecular formula is C19H20N2O3. The molecule has 3 rings (SSSR count). The third kappa shape index (κ3) is 3.81. The molecule has 0 spiro atoms. The summed E-state index contributed by atoms with van der Waals surface area (Å²) >= 11 is 0. The molecule has 0 aliphatic heterocycles. The third-order valence-corrected chi connectivity index (χ3v) is 3.92. The standard InChI is InChI=1S/C19H20N2O3/c1-13(11-16(22)17-8-4-10-24-17)21-18(23)12-15-6-2-5-14-7-3-9-20-19(14)15/h2-10,13,16,22H,11-12H2,1H3,(H,21,23)/t13-,16+/m0/s1. The van der Waals surface area contributed by atoms with Crippen molar-refractivity contribution in [3.63, 3.8) is 0 Å². The Balaban J connectivity index is 1.60. The van der Waals surface area contributed by atoms with Crippen LogP contribution in [0.3, 0.4) is 0 Å². The van der Waals surface area contributed by atoms with Crippen molar-refractivity contribution in [1.29, 1.82) is 0 Å². The van der Waals surface area contributed by atoms with Gasteiger partial charge in [0.15, 0.2) is 0 Å². The molecule has 0 aliphatic rings. The number of aliphatic hydroxyl groups excluding tert-OH is 1. The van der Waals surface area contributed by atoms with Crippen LogP contribution in [0.1, 0.15) is 30.8 Å². The number of nitrogens with one attached hydrogen (secondary N) is 1. The van der Waals surface area contributed by atoms with Gasteiger partial charge in [0.2, 0.25) is 5.91 Å². The lowest BCUT2D eigenvalue weighted by atomic mass is 10.1. The number of fused-ring (bicyclic) bond motifs is 1. The molecule has 0 unspecified atom stereocenters. The minimum absolute atomic E-state index is 0.0905. The Morgan fingerprint density at radius 2 is 2.08 bits per heavy atom. The van der Waals surface area contributed by atoms with Gasteiger partial charge in [0.05, 0.1) is 18.2 Å². The molecule has 0 saturated heterocycles. The van der Waals surface area contributed by atoms with Crippen molar-refractivity contribution in [2.75, 3.05) is 0 Å². The monoisotopic (exact) mass is 324 g/mol. The molecule has 0 fully saturated rings. The highest BCUT2D eigenvalue weighted by molar-refractivity contribution is 5.87. The number of carbonyl (C=O) groups is 1. The quantitative estimate of drug-likeness (QED) is 0.731. The molecule has 0 aliphatic carbocycles. The van der Waals surface area contributed by atoms with Crippen molar-refractivity contribution >= 4 is 16.8 Å². The minimum Gasteiger partial charge on any atom is -0.467 e. The lowest BCUT2D eigenvalue weighted by Crippen LogP contribution is -2.34. The molecule has 2 heterocycles. The molecule has 0 radical (unpaired) electrons. The Hall–Kier alpha value is -2.66. The van der Waals surface area contributed by atoms with Crippen molar-refractivity contribution < 1.29 is 14.3 Å². The van der Waals surface area contributed by atoms with Gasteiger partial charge >= 0.3 is 0 Å². The first-order valence-electron chi connectivity index (χ1n) is 7.97. The summed E-state index contributed by atoms with van der Waals surface area (Å²) in [5, 5.41) is 14.0. The number of amides is 1. The van der Waals surface area contributed by atoms with Crippen molar-refractivity contribution in [2.24, 2.45) is 0 Å². The summed E-state index contributed by atoms with van der Waals surface area (Å²) in [5.74, 6) is 0.418. The number of carbonyl (C=O) groups excluding carboxylic acids is 1. The average Bonchev–Trinajstić information content (AvgIpc) is 3.09. The first kappa shape index (κ1) is 16.2. The number of pyridine rings is 1. The molecule has 124 valence electrons. The van der Waals surface area contributed by atoms with Crippen LogP contribution in [0.5, 0.6) is 0 Å². The smallest absolute Gasteiger partial charge is 0.224 e. The summed E-state index contributed by atoms with van der Waals surface area (Å²) in [6.45, 7) is 1.87. The van der Waals surface area contributed by atoms with Crippen LogP contribution in [-0.4, -0.2) is 22.0 Å². The van der Waals surface area contributed by atoms with E-state index < -0.39 is 6.10 Å². The molecule has 2 aromatic heterocycles. The van der Waals surface area contributed by atoms with Crippen molar-refractivity contribution in [2.45, 2.75) is 31.9 Å². The predicted molar refractivity (Wildman–Crippen MR) is 91.3 cm³/mol. The zero-order valence-corrected chi connectivity index (χ0v) is 13.5. The van der Waals surface area contributed by atoms with Gasteiger partial charge in [-0.2, -0.15) is 0 Å². The average molecular weight is 324 g/mol. The molecule has 5 heteroatoms. The number of hydrogen-bond acceptors (Lipinski definition) is 4. The van der Waals surface area contributed by atoms with Crippen LogP contribution < -0.4 is 5.32 Å². The zero-order valence-electron chi connectivity index (χ0n) is 13.5. The number of aromatic nitrogens is 1. The van der Waals surface area contributed by atoms with Crippen LogP contribution in [0.2, 0.25) is 0 Å². The van der Waals surface area contributed by atoms with Crippen molar-refractivity contribution in [3.05, 3.63) is 66.2 Å². The van der Waals surface area contributed by atoms with Crippen LogP contribution in [-0.2, 0) is 11.2 Å². The van der Waals surface area contributed by atoms with Gasteiger partial charge in [-0.25, -0.2) is 0 Å². The summed E-state index contributed by atoms with van der Waals surface area (Å²) in [5.41, 5.74) is 1.74. The maximum Gasteiger partial charge on any atom is 0.224 e. The maximum absolute atomic E-state index is 12.3. The van der Waals surface area contributed by atoms with E-state index in [4.69, 9.17) is 4.42 Å². The normalized spacial score (nSPS) is 13.6. The molecule has 1 amide bonds. The summed E-state index contributed by atoms with van der Waals surface area (Å²) in [7, 11) is 0. The van der Waals surface area contributed by atoms with E-state index in [-0.39, 0.29) is 18.4 Å². The van der Waals surface area contributed by atoms with Gasteiger partial charge in [0.1, 0.15) is 11.9 Å². The van der Waals surface area contributed by atoms with Gasteiger partial charge in [-0.05, 0) is 30.7 Å². The molecule has 1 aromatic carbocycles. The Bertz CT molecular complexity index is 809. The molecular weight excluding hydrogens is 304 g/mol. The van der Waals surface area contributed by atoms with Crippen LogP contribution in [0.4, 0.5) is 0 Å². The summed E-state index contributed by atoms with van der Waals surface area (Å²) in [6, 6.07) is 13.0. The zero-order chi connectivity index (χ0) is 16.9. The van der Waals surface area contributed by atoms with E-state index in [9.17, 15) is 9.90 Å². The van der Waals surface area contributed by atoms with E-state index in [1.165, 1.54) is 6.26 Å². The lowest BCUT2D eigenvalue weighted by Gasteiger charge is -2.17. The molecule has 5 nitrogen and oxygen atoms in total. The second-order valence-electron chi connectivity index (χ2n) is 5.90. The van der Waals surface area contributed by atoms with Gasteiger partial charge in [-0.3, -0.25) is 9.78 Å². The van der Waals surface area contributed by atoms with Crippen LogP contribution >= 0.6 is 0 Å². The van der Waals surface area contributed by atoms with E-state index in [0.717, 1.165) is 16.5 Å². The van der Waals surface area contributed by atoms with Gasteiger partial charge < -0.3 is 14.8 Å². The fraction of sp³-hybridized carbons (Fsp3) is 0.263. The van der Waals surface area contributed by atoms with E-state index in [1.807, 2.05) is 37.3 Å². The summed E-state index contributed by atoms with van der Waals surface area (Å²) < 4.78 is 5.17. The highest BCUT2D eigenvalue weighted by Crippen LogP contribution is 2.19. The third-order valence-electron chi connectivity index (χ3n) is 3.92. The largest absolute Gasteiger partial charge is 0.467 e. The van der Waals surface area contributed by atoms with E-state index in [2.05, 4.69) is 10.3 Å². The number of para-hydroxylation sites is 1. The number of aliphatic hydroxyl groups is 1. The van der Waals surface area contributed by atoms with Crippen LogP contribution in [0.15, 0.2) is 59.3 Å². The molecule has 24 heavy (non-hydrogen) atoms. The minimum atomic E-state index is -0.727. The number of hydrogen-bond donors (Lipinski definition) is 2. The first-order valence-corrected chi connectivity index (χ1v) is 7.97. The number of benzene rings is 1. The number of rotatable bonds is 6. The van der Waals surface area contributed by atoms with Gasteiger partial charge in [-0.1, -0.05) is 24.3 Å². The first-order chi connectivity index (χ1) is 11.6. The Morgan fingerprint density at radius 3 is 2.88 bits per heavy atom. The fourth-order valence-corrected chi connectivity index (χ4v) is 2.80. The number of nitrogens with zero attached hydrogens (tertiary/aromatic N) is 1. The topological polar surface area (TPSA) is 75.4 Å². The fourth-order valence-electron chi connectivity index (χ4n) is 2.80. The Labute approximate surface area is 140 Å². The van der Waals surface area contributed by atoms with Gasteiger partial charge in [-0.15, -0.1) is 0 Å². The predicted octanol–water partition coefficient (Wildman–Crippen LogP) is 3.00. The molecule has 2 N–H and O–H groups in total. The van der Waals surface area contributed by atoms with Crippen LogP contribution in [0, 0.1) is 0 Å². The molecule has 2 atom stereocenters. The van der Waals surface area contributed by atoms with E-state index in [1.54, 1.807) is 18.3 Å². The Morgan fingerprint density at radius 1 is 1.25 bits per heavy atom. The van der Waals surface area contributed by atoms with Crippen molar-refractivity contribution in [3.8, 4) is 0 Å². The summed E-state index contributed by atoms with van der Waals surface area (Å²) in [6.07, 6.45) is 3.18. The van der Waals surface area contributed by atoms with E-state index in [0.29, 0.717) is 12.2 Å².